The van der Waals surface area contributed by atoms with Gasteiger partial charge in [0.1, 0.15) is 0 Å². The van der Waals surface area contributed by atoms with Crippen LogP contribution in [0.1, 0.15) is 24.8 Å². The van der Waals surface area contributed by atoms with E-state index in [0.717, 1.165) is 6.42 Å². The molecular formula is C14H19N3O2. The molecule has 1 aromatic carbocycles. The van der Waals surface area contributed by atoms with Crippen molar-refractivity contribution in [2.45, 2.75) is 25.3 Å². The Morgan fingerprint density at radius 2 is 1.95 bits per heavy atom. The van der Waals surface area contributed by atoms with E-state index in [2.05, 4.69) is 5.32 Å². The standard InChI is InChI=1S/C14H19N3O2/c1-10(18)16-13-7-12(8-17(9-13)14(15)19)11-5-3-2-4-6-11/h2-6,12-13H,7-9H2,1H3,(H2,15,19)(H,16,18). The van der Waals surface area contributed by atoms with Gasteiger partial charge < -0.3 is 16.0 Å². The Bertz CT molecular complexity index is 461. The van der Waals surface area contributed by atoms with Crippen molar-refractivity contribution in [3.05, 3.63) is 35.9 Å². The SMILES string of the molecule is CC(=O)NC1CC(c2ccccc2)CN(C(N)=O)C1. The molecular weight excluding hydrogens is 242 g/mol. The number of benzene rings is 1. The maximum absolute atomic E-state index is 11.4. The van der Waals surface area contributed by atoms with Crippen molar-refractivity contribution < 1.29 is 9.59 Å². The highest BCUT2D eigenvalue weighted by Crippen LogP contribution is 2.26. The molecule has 3 N–H and O–H groups in total. The molecule has 1 heterocycles. The predicted molar refractivity (Wildman–Crippen MR) is 72.6 cm³/mol. The fourth-order valence-corrected chi connectivity index (χ4v) is 2.64. The average molecular weight is 261 g/mol. The van der Waals surface area contributed by atoms with Gasteiger partial charge in [-0.1, -0.05) is 30.3 Å². The number of nitrogens with zero attached hydrogens (tertiary/aromatic N) is 1. The fourth-order valence-electron chi connectivity index (χ4n) is 2.64. The van der Waals surface area contributed by atoms with E-state index in [1.807, 2.05) is 30.3 Å². The van der Waals surface area contributed by atoms with Crippen LogP contribution >= 0.6 is 0 Å². The van der Waals surface area contributed by atoms with Gasteiger partial charge in [-0.05, 0) is 12.0 Å². The highest BCUT2D eigenvalue weighted by atomic mass is 16.2. The van der Waals surface area contributed by atoms with Gasteiger partial charge in [0, 0.05) is 32.0 Å². The first-order valence-electron chi connectivity index (χ1n) is 6.42. The van der Waals surface area contributed by atoms with E-state index in [1.165, 1.54) is 12.5 Å². The smallest absolute Gasteiger partial charge is 0.314 e. The van der Waals surface area contributed by atoms with Gasteiger partial charge in [0.15, 0.2) is 0 Å². The first kappa shape index (κ1) is 13.4. The number of hydrogen-bond donors (Lipinski definition) is 2. The maximum atomic E-state index is 11.4. The van der Waals surface area contributed by atoms with Gasteiger partial charge in [-0.3, -0.25) is 4.79 Å². The van der Waals surface area contributed by atoms with Crippen molar-refractivity contribution in [2.24, 2.45) is 5.73 Å². The average Bonchev–Trinajstić information content (AvgIpc) is 2.38. The Labute approximate surface area is 112 Å². The van der Waals surface area contributed by atoms with Crippen molar-refractivity contribution in [3.63, 3.8) is 0 Å². The van der Waals surface area contributed by atoms with Gasteiger partial charge in [0.25, 0.3) is 0 Å². The van der Waals surface area contributed by atoms with Crippen LogP contribution in [0.3, 0.4) is 0 Å². The Kier molecular flexibility index (Phi) is 4.04. The summed E-state index contributed by atoms with van der Waals surface area (Å²) in [6.07, 6.45) is 0.827. The van der Waals surface area contributed by atoms with Gasteiger partial charge >= 0.3 is 6.03 Å². The van der Waals surface area contributed by atoms with Crippen molar-refractivity contribution in [1.82, 2.24) is 10.2 Å². The van der Waals surface area contributed by atoms with Crippen molar-refractivity contribution in [2.75, 3.05) is 13.1 Å². The molecule has 2 atom stereocenters. The molecule has 1 aromatic rings. The van der Waals surface area contributed by atoms with Crippen LogP contribution in [0.5, 0.6) is 0 Å². The van der Waals surface area contributed by atoms with Gasteiger partial charge in [0.05, 0.1) is 0 Å². The second kappa shape index (κ2) is 5.73. The minimum absolute atomic E-state index is 0.0380. The van der Waals surface area contributed by atoms with Crippen molar-refractivity contribution in [3.8, 4) is 0 Å². The molecule has 0 saturated carbocycles. The molecule has 0 bridgehead atoms. The van der Waals surface area contributed by atoms with E-state index >= 15 is 0 Å². The Morgan fingerprint density at radius 3 is 2.53 bits per heavy atom. The molecule has 0 aliphatic carbocycles. The van der Waals surface area contributed by atoms with Gasteiger partial charge in [-0.2, -0.15) is 0 Å². The number of carbonyl (C=O) groups excluding carboxylic acids is 2. The third kappa shape index (κ3) is 3.47. The number of hydrogen-bond acceptors (Lipinski definition) is 2. The van der Waals surface area contributed by atoms with E-state index in [4.69, 9.17) is 5.73 Å². The summed E-state index contributed by atoms with van der Waals surface area (Å²) in [6.45, 7) is 2.58. The molecule has 2 rings (SSSR count). The minimum atomic E-state index is -0.434. The normalized spacial score (nSPS) is 22.9. The van der Waals surface area contributed by atoms with Gasteiger partial charge in [-0.15, -0.1) is 0 Å². The lowest BCUT2D eigenvalue weighted by atomic mass is 9.88. The molecule has 5 heteroatoms. The van der Waals surface area contributed by atoms with E-state index in [-0.39, 0.29) is 17.9 Å². The topological polar surface area (TPSA) is 75.4 Å². The zero-order valence-electron chi connectivity index (χ0n) is 11.0. The number of urea groups is 1. The summed E-state index contributed by atoms with van der Waals surface area (Å²) in [4.78, 5) is 24.2. The molecule has 2 unspecified atom stereocenters. The lowest BCUT2D eigenvalue weighted by Crippen LogP contribution is -2.53. The molecule has 1 aliphatic rings. The summed E-state index contributed by atoms with van der Waals surface area (Å²) < 4.78 is 0. The van der Waals surface area contributed by atoms with Gasteiger partial charge in [0.2, 0.25) is 5.91 Å². The molecule has 3 amide bonds. The number of likely N-dealkylation sites (tertiary alicyclic amines) is 1. The Balaban J connectivity index is 2.14. The van der Waals surface area contributed by atoms with Gasteiger partial charge in [-0.25, -0.2) is 4.79 Å². The molecule has 19 heavy (non-hydrogen) atoms. The van der Waals surface area contributed by atoms with E-state index in [1.54, 1.807) is 4.90 Å². The fraction of sp³-hybridized carbons (Fsp3) is 0.429. The second-order valence-corrected chi connectivity index (χ2v) is 4.98. The van der Waals surface area contributed by atoms with E-state index in [9.17, 15) is 9.59 Å². The zero-order chi connectivity index (χ0) is 13.8. The summed E-state index contributed by atoms with van der Waals surface area (Å²) in [5.41, 5.74) is 6.54. The number of amides is 3. The summed E-state index contributed by atoms with van der Waals surface area (Å²) in [7, 11) is 0. The van der Waals surface area contributed by atoms with Crippen LogP contribution in [0.2, 0.25) is 0 Å². The predicted octanol–water partition coefficient (Wildman–Crippen LogP) is 1.06. The van der Waals surface area contributed by atoms with Crippen LogP contribution in [-0.2, 0) is 4.79 Å². The van der Waals surface area contributed by atoms with Crippen LogP contribution in [-0.4, -0.2) is 36.0 Å². The Morgan fingerprint density at radius 1 is 1.26 bits per heavy atom. The number of carbonyl (C=O) groups is 2. The quantitative estimate of drug-likeness (QED) is 0.835. The monoisotopic (exact) mass is 261 g/mol. The summed E-state index contributed by atoms with van der Waals surface area (Å²) >= 11 is 0. The number of piperidine rings is 1. The molecule has 102 valence electrons. The van der Waals surface area contributed by atoms with Crippen LogP contribution in [0, 0.1) is 0 Å². The third-order valence-corrected chi connectivity index (χ3v) is 3.44. The molecule has 5 nitrogen and oxygen atoms in total. The molecule has 1 aliphatic heterocycles. The minimum Gasteiger partial charge on any atom is -0.352 e. The number of nitrogens with two attached hydrogens (primary N) is 1. The number of rotatable bonds is 2. The molecule has 1 saturated heterocycles. The summed E-state index contributed by atoms with van der Waals surface area (Å²) in [5.74, 6) is 0.127. The highest BCUT2D eigenvalue weighted by molar-refractivity contribution is 5.74. The molecule has 0 spiro atoms. The van der Waals surface area contributed by atoms with E-state index < -0.39 is 6.03 Å². The lowest BCUT2D eigenvalue weighted by Gasteiger charge is -2.37. The van der Waals surface area contributed by atoms with Crippen LogP contribution in [0.15, 0.2) is 30.3 Å². The van der Waals surface area contributed by atoms with Crippen molar-refractivity contribution >= 4 is 11.9 Å². The first-order chi connectivity index (χ1) is 9.06. The third-order valence-electron chi connectivity index (χ3n) is 3.44. The number of nitrogens with one attached hydrogen (secondary N) is 1. The molecule has 0 radical (unpaired) electrons. The van der Waals surface area contributed by atoms with Crippen LogP contribution in [0.4, 0.5) is 4.79 Å². The first-order valence-corrected chi connectivity index (χ1v) is 6.42. The summed E-state index contributed by atoms with van der Waals surface area (Å²) in [5, 5.41) is 2.88. The largest absolute Gasteiger partial charge is 0.352 e. The van der Waals surface area contributed by atoms with E-state index in [0.29, 0.717) is 13.1 Å². The van der Waals surface area contributed by atoms with Crippen LogP contribution < -0.4 is 11.1 Å². The Hall–Kier alpha value is -2.04. The summed E-state index contributed by atoms with van der Waals surface area (Å²) in [6, 6.07) is 9.53. The lowest BCUT2D eigenvalue weighted by molar-refractivity contribution is -0.120. The van der Waals surface area contributed by atoms with Crippen molar-refractivity contribution in [1.29, 1.82) is 0 Å². The zero-order valence-corrected chi connectivity index (χ0v) is 11.0. The molecule has 0 aromatic heterocycles. The molecule has 1 fully saturated rings. The highest BCUT2D eigenvalue weighted by Gasteiger charge is 2.30. The number of primary amides is 1. The van der Waals surface area contributed by atoms with Crippen LogP contribution in [0.25, 0.3) is 0 Å². The second-order valence-electron chi connectivity index (χ2n) is 4.98. The maximum Gasteiger partial charge on any atom is 0.314 e.